The average Bonchev–Trinajstić information content (AvgIpc) is 2.71. The molecule has 1 heterocycles. The highest BCUT2D eigenvalue weighted by Gasteiger charge is 2.08. The zero-order chi connectivity index (χ0) is 14.7. The fourth-order valence-electron chi connectivity index (χ4n) is 1.71. The first-order valence-corrected chi connectivity index (χ1v) is 6.72. The van der Waals surface area contributed by atoms with E-state index in [4.69, 9.17) is 0 Å². The zero-order valence-electron chi connectivity index (χ0n) is 11.0. The molecule has 0 saturated heterocycles. The number of aryl methyl sites for hydroxylation is 2. The monoisotopic (exact) mass is 337 g/mol. The number of nitrogens with zero attached hydrogens (tertiary/aromatic N) is 1. The summed E-state index contributed by atoms with van der Waals surface area (Å²) in [5, 5.41) is 9.47. The van der Waals surface area contributed by atoms with Crippen molar-refractivity contribution in [1.29, 1.82) is 0 Å². The van der Waals surface area contributed by atoms with E-state index >= 15 is 0 Å². The third-order valence-corrected chi connectivity index (χ3v) is 3.24. The predicted molar refractivity (Wildman–Crippen MR) is 79.8 cm³/mol. The fraction of sp³-hybridized carbons (Fsp3) is 0.143. The van der Waals surface area contributed by atoms with Crippen LogP contribution in [0.2, 0.25) is 0 Å². The Morgan fingerprint density at radius 1 is 1.45 bits per heavy atom. The smallest absolute Gasteiger partial charge is 0.248 e. The molecule has 0 unspecified atom stereocenters. The van der Waals surface area contributed by atoms with Crippen LogP contribution < -0.4 is 5.32 Å². The Balaban J connectivity index is 2.12. The van der Waals surface area contributed by atoms with Crippen LogP contribution in [0.15, 0.2) is 28.7 Å². The molecule has 1 aromatic heterocycles. The molecule has 0 fully saturated rings. The van der Waals surface area contributed by atoms with Crippen molar-refractivity contribution in [3.8, 4) is 0 Å². The van der Waals surface area contributed by atoms with Gasteiger partial charge in [0.2, 0.25) is 5.91 Å². The second kappa shape index (κ2) is 6.00. The molecule has 2 aromatic rings. The van der Waals surface area contributed by atoms with Gasteiger partial charge in [0.15, 0.2) is 0 Å². The summed E-state index contributed by atoms with van der Waals surface area (Å²) in [6, 6.07) is 4.55. The Kier molecular flexibility index (Phi) is 4.34. The lowest BCUT2D eigenvalue weighted by atomic mass is 10.2. The van der Waals surface area contributed by atoms with E-state index in [9.17, 15) is 9.18 Å². The van der Waals surface area contributed by atoms with Crippen LogP contribution in [0, 0.1) is 19.7 Å². The van der Waals surface area contributed by atoms with Gasteiger partial charge in [0, 0.05) is 16.1 Å². The lowest BCUT2D eigenvalue weighted by molar-refractivity contribution is -0.111. The lowest BCUT2D eigenvalue weighted by Crippen LogP contribution is -2.09. The summed E-state index contributed by atoms with van der Waals surface area (Å²) >= 11 is 3.26. The van der Waals surface area contributed by atoms with Crippen molar-refractivity contribution in [2.45, 2.75) is 13.8 Å². The molecular weight excluding hydrogens is 325 g/mol. The maximum atomic E-state index is 13.5. The Bertz CT molecular complexity index is 660. The van der Waals surface area contributed by atoms with Crippen LogP contribution in [0.4, 0.5) is 10.1 Å². The Morgan fingerprint density at radius 3 is 2.85 bits per heavy atom. The molecule has 2 rings (SSSR count). The van der Waals surface area contributed by atoms with Gasteiger partial charge in [-0.2, -0.15) is 5.10 Å². The number of carbonyl (C=O) groups is 1. The minimum absolute atomic E-state index is 0.336. The van der Waals surface area contributed by atoms with E-state index in [1.54, 1.807) is 19.1 Å². The van der Waals surface area contributed by atoms with Crippen LogP contribution in [0.1, 0.15) is 17.0 Å². The standard InChI is InChI=1S/C14H13BrFN3O/c1-8-14(9(2)19-18-8)17-13(20)6-3-10-7-11(15)4-5-12(10)16/h3-7H,1-2H3,(H,17,20)(H,18,19)/b6-3+. The lowest BCUT2D eigenvalue weighted by Gasteiger charge is -2.02. The van der Waals surface area contributed by atoms with Gasteiger partial charge in [-0.15, -0.1) is 0 Å². The largest absolute Gasteiger partial charge is 0.319 e. The Labute approximate surface area is 124 Å². The second-order valence-corrected chi connectivity index (χ2v) is 5.21. The summed E-state index contributed by atoms with van der Waals surface area (Å²) in [6.45, 7) is 3.60. The number of halogens is 2. The first kappa shape index (κ1) is 14.5. The number of rotatable bonds is 3. The fourth-order valence-corrected chi connectivity index (χ4v) is 2.09. The number of hydrogen-bond acceptors (Lipinski definition) is 2. The second-order valence-electron chi connectivity index (χ2n) is 4.30. The molecule has 104 valence electrons. The highest BCUT2D eigenvalue weighted by Crippen LogP contribution is 2.18. The van der Waals surface area contributed by atoms with Crippen molar-refractivity contribution in [3.63, 3.8) is 0 Å². The summed E-state index contributed by atoms with van der Waals surface area (Å²) in [5.41, 5.74) is 2.47. The minimum atomic E-state index is -0.382. The third kappa shape index (κ3) is 3.33. The summed E-state index contributed by atoms with van der Waals surface area (Å²) in [5.74, 6) is -0.718. The van der Waals surface area contributed by atoms with Crippen molar-refractivity contribution in [2.24, 2.45) is 0 Å². The molecule has 1 amide bonds. The average molecular weight is 338 g/mol. The van der Waals surface area contributed by atoms with Crippen LogP contribution in [0.25, 0.3) is 6.08 Å². The molecule has 0 aliphatic carbocycles. The van der Waals surface area contributed by atoms with Crippen LogP contribution in [0.5, 0.6) is 0 Å². The summed E-state index contributed by atoms with van der Waals surface area (Å²) in [6.07, 6.45) is 2.72. The molecule has 0 aliphatic heterocycles. The van der Waals surface area contributed by atoms with Crippen molar-refractivity contribution in [2.75, 3.05) is 5.32 Å². The minimum Gasteiger partial charge on any atom is -0.319 e. The molecule has 6 heteroatoms. The summed E-state index contributed by atoms with van der Waals surface area (Å²) in [4.78, 5) is 11.8. The van der Waals surface area contributed by atoms with Gasteiger partial charge in [-0.3, -0.25) is 9.89 Å². The van der Waals surface area contributed by atoms with Gasteiger partial charge in [0.05, 0.1) is 17.1 Å². The van der Waals surface area contributed by atoms with E-state index < -0.39 is 0 Å². The SMILES string of the molecule is Cc1n[nH]c(C)c1NC(=O)/C=C/c1cc(Br)ccc1F. The van der Waals surface area contributed by atoms with E-state index in [-0.39, 0.29) is 11.7 Å². The molecule has 0 radical (unpaired) electrons. The summed E-state index contributed by atoms with van der Waals surface area (Å²) < 4.78 is 14.3. The van der Waals surface area contributed by atoms with E-state index in [1.807, 2.05) is 6.92 Å². The van der Waals surface area contributed by atoms with Crippen LogP contribution in [-0.2, 0) is 4.79 Å². The highest BCUT2D eigenvalue weighted by molar-refractivity contribution is 9.10. The molecule has 0 aliphatic rings. The maximum Gasteiger partial charge on any atom is 0.248 e. The topological polar surface area (TPSA) is 57.8 Å². The number of anilines is 1. The molecule has 4 nitrogen and oxygen atoms in total. The number of aromatic amines is 1. The van der Waals surface area contributed by atoms with E-state index in [2.05, 4.69) is 31.4 Å². The number of hydrogen-bond donors (Lipinski definition) is 2. The molecule has 0 spiro atoms. The van der Waals surface area contributed by atoms with Crippen LogP contribution in [-0.4, -0.2) is 16.1 Å². The first-order valence-electron chi connectivity index (χ1n) is 5.93. The molecule has 0 saturated carbocycles. The van der Waals surface area contributed by atoms with Crippen molar-refractivity contribution >= 4 is 33.6 Å². The van der Waals surface area contributed by atoms with Gasteiger partial charge < -0.3 is 5.32 Å². The number of amides is 1. The highest BCUT2D eigenvalue weighted by atomic mass is 79.9. The van der Waals surface area contributed by atoms with Crippen molar-refractivity contribution in [1.82, 2.24) is 10.2 Å². The molecular formula is C14H13BrFN3O. The molecule has 0 bridgehead atoms. The summed E-state index contributed by atoms with van der Waals surface area (Å²) in [7, 11) is 0. The van der Waals surface area contributed by atoms with Crippen molar-refractivity contribution in [3.05, 3.63) is 51.5 Å². The van der Waals surface area contributed by atoms with E-state index in [0.717, 1.165) is 10.2 Å². The normalized spacial score (nSPS) is 11.0. The maximum absolute atomic E-state index is 13.5. The third-order valence-electron chi connectivity index (χ3n) is 2.75. The Morgan fingerprint density at radius 2 is 2.20 bits per heavy atom. The van der Waals surface area contributed by atoms with Gasteiger partial charge in [-0.1, -0.05) is 15.9 Å². The number of benzene rings is 1. The number of aromatic nitrogens is 2. The molecule has 2 N–H and O–H groups in total. The van der Waals surface area contributed by atoms with Crippen LogP contribution >= 0.6 is 15.9 Å². The van der Waals surface area contributed by atoms with Gasteiger partial charge in [0.25, 0.3) is 0 Å². The number of H-pyrrole nitrogens is 1. The van der Waals surface area contributed by atoms with Crippen molar-refractivity contribution < 1.29 is 9.18 Å². The quantitative estimate of drug-likeness (QED) is 0.841. The Hall–Kier alpha value is -1.95. The molecule has 20 heavy (non-hydrogen) atoms. The predicted octanol–water partition coefficient (Wildman–Crippen LogP) is 3.58. The number of carbonyl (C=O) groups excluding carboxylic acids is 1. The van der Waals surface area contributed by atoms with Crippen LogP contribution in [0.3, 0.4) is 0 Å². The van der Waals surface area contributed by atoms with Gasteiger partial charge in [-0.25, -0.2) is 4.39 Å². The number of nitrogens with one attached hydrogen (secondary N) is 2. The first-order chi connectivity index (χ1) is 9.47. The van der Waals surface area contributed by atoms with Gasteiger partial charge in [0.1, 0.15) is 5.82 Å². The molecule has 1 aromatic carbocycles. The molecule has 0 atom stereocenters. The van der Waals surface area contributed by atoms with E-state index in [1.165, 1.54) is 18.2 Å². The zero-order valence-corrected chi connectivity index (χ0v) is 12.6. The van der Waals surface area contributed by atoms with Gasteiger partial charge >= 0.3 is 0 Å². The van der Waals surface area contributed by atoms with Gasteiger partial charge in [-0.05, 0) is 38.1 Å². The van der Waals surface area contributed by atoms with E-state index in [0.29, 0.717) is 16.9 Å².